The van der Waals surface area contributed by atoms with Gasteiger partial charge in [0, 0.05) is 12.0 Å². The molecule has 3 rings (SSSR count). The first-order chi connectivity index (χ1) is 13.7. The zero-order valence-corrected chi connectivity index (χ0v) is 16.5. The number of ether oxygens (including phenoxy) is 1. The van der Waals surface area contributed by atoms with Gasteiger partial charge in [-0.15, -0.1) is 0 Å². The Labute approximate surface area is 166 Å². The van der Waals surface area contributed by atoms with Crippen molar-refractivity contribution in [2.45, 2.75) is 38.1 Å². The zero-order chi connectivity index (χ0) is 19.8. The summed E-state index contributed by atoms with van der Waals surface area (Å²) in [6, 6.07) is 15.0. The molecular formula is C23H30FN2O2+. The maximum atomic E-state index is 13.7. The standard InChI is InChI=1S/C23H29FN2O2/c1-28-20-12-9-19(10-13-20)22(26-15-5-2-6-16-26)17-25-23(27)14-11-18-7-3-4-8-21(18)24/h3-4,7-10,12-13,22H,2,5-6,11,14-17H2,1H3,(H,25,27)/p+1/t22-/m0/s1. The lowest BCUT2D eigenvalue weighted by Gasteiger charge is -2.32. The van der Waals surface area contributed by atoms with E-state index in [0.29, 0.717) is 24.9 Å². The van der Waals surface area contributed by atoms with Crippen LogP contribution in [0.15, 0.2) is 48.5 Å². The number of quaternary nitrogens is 1. The number of piperidine rings is 1. The third-order valence-electron chi connectivity index (χ3n) is 5.59. The number of methoxy groups -OCH3 is 1. The maximum absolute atomic E-state index is 13.7. The van der Waals surface area contributed by atoms with Gasteiger partial charge in [-0.25, -0.2) is 4.39 Å². The lowest BCUT2D eigenvalue weighted by Crippen LogP contribution is -3.13. The molecule has 1 aliphatic rings. The van der Waals surface area contributed by atoms with E-state index in [1.807, 2.05) is 12.1 Å². The predicted octanol–water partition coefficient (Wildman–Crippen LogP) is 2.69. The molecule has 0 radical (unpaired) electrons. The molecule has 0 bridgehead atoms. The van der Waals surface area contributed by atoms with E-state index in [-0.39, 0.29) is 17.8 Å². The number of halogens is 1. The Hall–Kier alpha value is -2.40. The van der Waals surface area contributed by atoms with Crippen LogP contribution in [0.4, 0.5) is 4.39 Å². The average molecular weight is 386 g/mol. The lowest BCUT2D eigenvalue weighted by atomic mass is 10.0. The summed E-state index contributed by atoms with van der Waals surface area (Å²) < 4.78 is 19.0. The van der Waals surface area contributed by atoms with Crippen LogP contribution in [0.1, 0.15) is 42.9 Å². The molecule has 2 aromatic carbocycles. The predicted molar refractivity (Wildman–Crippen MR) is 108 cm³/mol. The van der Waals surface area contributed by atoms with Crippen molar-refractivity contribution in [3.63, 3.8) is 0 Å². The van der Waals surface area contributed by atoms with Crippen molar-refractivity contribution in [2.24, 2.45) is 0 Å². The first kappa shape index (κ1) is 20.3. The second-order valence-electron chi connectivity index (χ2n) is 7.44. The highest BCUT2D eigenvalue weighted by atomic mass is 19.1. The van der Waals surface area contributed by atoms with Crippen LogP contribution in [0.25, 0.3) is 0 Å². The Morgan fingerprint density at radius 1 is 1.11 bits per heavy atom. The van der Waals surface area contributed by atoms with Crippen LogP contribution in [0.2, 0.25) is 0 Å². The molecule has 0 aromatic heterocycles. The second-order valence-corrected chi connectivity index (χ2v) is 7.44. The highest BCUT2D eigenvalue weighted by molar-refractivity contribution is 5.76. The SMILES string of the molecule is COc1ccc([C@H](CNC(=O)CCc2ccccc2F)[NH+]2CCCCC2)cc1. The van der Waals surface area contributed by atoms with E-state index in [9.17, 15) is 9.18 Å². The first-order valence-electron chi connectivity index (χ1n) is 10.2. The molecule has 1 saturated heterocycles. The van der Waals surface area contributed by atoms with Gasteiger partial charge in [0.1, 0.15) is 17.6 Å². The molecule has 2 aromatic rings. The molecule has 4 nitrogen and oxygen atoms in total. The maximum Gasteiger partial charge on any atom is 0.220 e. The molecule has 1 atom stereocenters. The summed E-state index contributed by atoms with van der Waals surface area (Å²) in [4.78, 5) is 13.9. The number of hydrogen-bond donors (Lipinski definition) is 2. The third kappa shape index (κ3) is 5.55. The number of carbonyl (C=O) groups is 1. The van der Waals surface area contributed by atoms with Gasteiger partial charge in [0.15, 0.2) is 0 Å². The molecule has 5 heteroatoms. The molecule has 28 heavy (non-hydrogen) atoms. The van der Waals surface area contributed by atoms with E-state index in [2.05, 4.69) is 17.4 Å². The molecule has 0 unspecified atom stereocenters. The lowest BCUT2D eigenvalue weighted by molar-refractivity contribution is -0.935. The van der Waals surface area contributed by atoms with Gasteiger partial charge in [-0.2, -0.15) is 0 Å². The van der Waals surface area contributed by atoms with Gasteiger partial charge in [0.2, 0.25) is 5.91 Å². The summed E-state index contributed by atoms with van der Waals surface area (Å²) >= 11 is 0. The van der Waals surface area contributed by atoms with Gasteiger partial charge in [0.25, 0.3) is 0 Å². The second kappa shape index (κ2) is 10.2. The minimum atomic E-state index is -0.246. The summed E-state index contributed by atoms with van der Waals surface area (Å²) in [6.45, 7) is 2.85. The Morgan fingerprint density at radius 3 is 2.50 bits per heavy atom. The van der Waals surface area contributed by atoms with Crippen molar-refractivity contribution in [1.29, 1.82) is 0 Å². The van der Waals surface area contributed by atoms with Gasteiger partial charge < -0.3 is 15.0 Å². The van der Waals surface area contributed by atoms with Crippen LogP contribution >= 0.6 is 0 Å². The minimum absolute atomic E-state index is 0.0295. The summed E-state index contributed by atoms with van der Waals surface area (Å²) in [5.74, 6) is 0.562. The number of rotatable bonds is 8. The number of likely N-dealkylation sites (tertiary alicyclic amines) is 1. The highest BCUT2D eigenvalue weighted by Gasteiger charge is 2.26. The number of hydrogen-bond acceptors (Lipinski definition) is 2. The van der Waals surface area contributed by atoms with Crippen LogP contribution in [0.5, 0.6) is 5.75 Å². The molecule has 1 fully saturated rings. The minimum Gasteiger partial charge on any atom is -0.497 e. The molecule has 1 aliphatic heterocycles. The van der Waals surface area contributed by atoms with E-state index in [4.69, 9.17) is 4.74 Å². The van der Waals surface area contributed by atoms with E-state index < -0.39 is 0 Å². The number of benzene rings is 2. The summed E-state index contributed by atoms with van der Waals surface area (Å²) in [5, 5.41) is 3.08. The van der Waals surface area contributed by atoms with Gasteiger partial charge in [-0.1, -0.05) is 18.2 Å². The number of carbonyl (C=O) groups excluding carboxylic acids is 1. The molecule has 1 amide bonds. The van der Waals surface area contributed by atoms with Crippen LogP contribution in [-0.4, -0.2) is 32.7 Å². The summed E-state index contributed by atoms with van der Waals surface area (Å²) in [7, 11) is 1.66. The Morgan fingerprint density at radius 2 is 1.82 bits per heavy atom. The van der Waals surface area contributed by atoms with E-state index >= 15 is 0 Å². The molecule has 2 N–H and O–H groups in total. The van der Waals surface area contributed by atoms with Crippen molar-refractivity contribution in [1.82, 2.24) is 5.32 Å². The summed E-state index contributed by atoms with van der Waals surface area (Å²) in [5.41, 5.74) is 1.80. The number of nitrogens with one attached hydrogen (secondary N) is 2. The van der Waals surface area contributed by atoms with Gasteiger partial charge in [0.05, 0.1) is 26.7 Å². The van der Waals surface area contributed by atoms with Crippen molar-refractivity contribution in [3.8, 4) is 5.75 Å². The molecule has 150 valence electrons. The van der Waals surface area contributed by atoms with Crippen molar-refractivity contribution >= 4 is 5.91 Å². The Kier molecular flexibility index (Phi) is 7.43. The molecule has 0 spiro atoms. The third-order valence-corrected chi connectivity index (χ3v) is 5.59. The van der Waals surface area contributed by atoms with Gasteiger partial charge >= 0.3 is 0 Å². The Bertz CT molecular complexity index is 757. The fourth-order valence-corrected chi connectivity index (χ4v) is 3.94. The smallest absolute Gasteiger partial charge is 0.220 e. The Balaban J connectivity index is 1.60. The van der Waals surface area contributed by atoms with Crippen molar-refractivity contribution < 1.29 is 18.8 Å². The fraction of sp³-hybridized carbons (Fsp3) is 0.435. The number of amides is 1. The monoisotopic (exact) mass is 385 g/mol. The van der Waals surface area contributed by atoms with Gasteiger partial charge in [-0.3, -0.25) is 4.79 Å². The van der Waals surface area contributed by atoms with Crippen LogP contribution in [-0.2, 0) is 11.2 Å². The quantitative estimate of drug-likeness (QED) is 0.734. The summed E-state index contributed by atoms with van der Waals surface area (Å²) in [6.07, 6.45) is 4.45. The zero-order valence-electron chi connectivity index (χ0n) is 16.5. The highest BCUT2D eigenvalue weighted by Crippen LogP contribution is 2.17. The van der Waals surface area contributed by atoms with Crippen molar-refractivity contribution in [3.05, 3.63) is 65.5 Å². The normalized spacial score (nSPS) is 15.8. The molecular weight excluding hydrogens is 355 g/mol. The largest absolute Gasteiger partial charge is 0.497 e. The van der Waals surface area contributed by atoms with Crippen LogP contribution in [0, 0.1) is 5.82 Å². The van der Waals surface area contributed by atoms with Crippen LogP contribution < -0.4 is 15.0 Å². The molecule has 1 heterocycles. The molecule has 0 aliphatic carbocycles. The number of aryl methyl sites for hydroxylation is 1. The average Bonchev–Trinajstić information content (AvgIpc) is 2.74. The molecule has 0 saturated carbocycles. The van der Waals surface area contributed by atoms with Crippen molar-refractivity contribution in [2.75, 3.05) is 26.7 Å². The van der Waals surface area contributed by atoms with E-state index in [0.717, 1.165) is 18.8 Å². The topological polar surface area (TPSA) is 42.8 Å². The van der Waals surface area contributed by atoms with E-state index in [1.54, 1.807) is 25.3 Å². The van der Waals surface area contributed by atoms with Gasteiger partial charge in [-0.05, 0) is 61.6 Å². The van der Waals surface area contributed by atoms with E-state index in [1.165, 1.54) is 35.8 Å². The van der Waals surface area contributed by atoms with Crippen LogP contribution in [0.3, 0.4) is 0 Å². The fourth-order valence-electron chi connectivity index (χ4n) is 3.94. The first-order valence-corrected chi connectivity index (χ1v) is 10.2.